The monoisotopic (exact) mass is 254 g/mol. The molecule has 0 bridgehead atoms. The second kappa shape index (κ2) is 5.13. The Morgan fingerprint density at radius 2 is 1.94 bits per heavy atom. The summed E-state index contributed by atoms with van der Waals surface area (Å²) in [5, 5.41) is 28.2. The van der Waals surface area contributed by atoms with Crippen molar-refractivity contribution in [2.45, 2.75) is 12.8 Å². The second-order valence-corrected chi connectivity index (χ2v) is 3.49. The number of aliphatic carboxylic acids is 1. The first-order chi connectivity index (χ1) is 8.34. The number of carboxylic acids is 2. The number of anilines is 1. The van der Waals surface area contributed by atoms with Crippen molar-refractivity contribution in [3.63, 3.8) is 0 Å². The first-order valence-corrected chi connectivity index (χ1v) is 4.85. The molecule has 0 heterocycles. The van der Waals surface area contributed by atoms with Crippen LogP contribution in [0.5, 0.6) is 0 Å². The fraction of sp³-hybridized carbons (Fsp3) is 0.200. The molecule has 0 aliphatic rings. The number of benzene rings is 1. The van der Waals surface area contributed by atoms with Crippen LogP contribution in [0.1, 0.15) is 22.3 Å². The molecule has 1 aromatic carbocycles. The van der Waals surface area contributed by atoms with Crippen LogP contribution in [0.2, 0.25) is 0 Å². The van der Waals surface area contributed by atoms with Crippen LogP contribution < -0.4 is 5.73 Å². The number of nitro benzene ring substituents is 1. The predicted molar refractivity (Wildman–Crippen MR) is 60.4 cm³/mol. The van der Waals surface area contributed by atoms with E-state index in [1.807, 2.05) is 0 Å². The van der Waals surface area contributed by atoms with Crippen LogP contribution >= 0.6 is 0 Å². The molecule has 4 N–H and O–H groups in total. The third-order valence-corrected chi connectivity index (χ3v) is 2.32. The Labute approximate surface area is 101 Å². The minimum absolute atomic E-state index is 0.0876. The summed E-state index contributed by atoms with van der Waals surface area (Å²) in [7, 11) is 0. The summed E-state index contributed by atoms with van der Waals surface area (Å²) in [6, 6.07) is 2.34. The van der Waals surface area contributed by atoms with Gasteiger partial charge in [0.1, 0.15) is 5.69 Å². The number of rotatable bonds is 5. The maximum absolute atomic E-state index is 10.8. The molecule has 0 radical (unpaired) electrons. The summed E-state index contributed by atoms with van der Waals surface area (Å²) in [4.78, 5) is 31.2. The lowest BCUT2D eigenvalue weighted by Gasteiger charge is -2.06. The quantitative estimate of drug-likeness (QED) is 0.402. The Bertz CT molecular complexity index is 525. The molecule has 0 atom stereocenters. The smallest absolute Gasteiger partial charge is 0.338 e. The lowest BCUT2D eigenvalue weighted by Crippen LogP contribution is -2.09. The molecule has 0 saturated heterocycles. The number of aryl methyl sites for hydroxylation is 1. The molecule has 8 nitrogen and oxygen atoms in total. The maximum Gasteiger partial charge on any atom is 0.338 e. The van der Waals surface area contributed by atoms with Crippen molar-refractivity contribution in [1.82, 2.24) is 0 Å². The molecule has 0 aromatic heterocycles. The van der Waals surface area contributed by atoms with E-state index in [1.165, 1.54) is 6.07 Å². The minimum atomic E-state index is -1.37. The highest BCUT2D eigenvalue weighted by Gasteiger charge is 2.23. The number of carbonyl (C=O) groups is 2. The van der Waals surface area contributed by atoms with E-state index in [2.05, 4.69) is 0 Å². The zero-order valence-electron chi connectivity index (χ0n) is 9.12. The van der Waals surface area contributed by atoms with Gasteiger partial charge in [-0.2, -0.15) is 0 Å². The highest BCUT2D eigenvalue weighted by Crippen LogP contribution is 2.30. The molecule has 0 fully saturated rings. The SMILES string of the molecule is Nc1c(C(=O)O)ccc(CCC(=O)O)c1[N+](=O)[O-]. The zero-order chi connectivity index (χ0) is 13.9. The third kappa shape index (κ3) is 2.73. The van der Waals surface area contributed by atoms with Crippen molar-refractivity contribution >= 4 is 23.3 Å². The Morgan fingerprint density at radius 1 is 1.33 bits per heavy atom. The number of hydrogen-bond donors (Lipinski definition) is 3. The number of carboxylic acid groups (broad SMARTS) is 2. The molecular weight excluding hydrogens is 244 g/mol. The van der Waals surface area contributed by atoms with E-state index >= 15 is 0 Å². The molecule has 0 aliphatic carbocycles. The normalized spacial score (nSPS) is 10.0. The molecule has 0 unspecified atom stereocenters. The van der Waals surface area contributed by atoms with Crippen molar-refractivity contribution in [2.24, 2.45) is 0 Å². The van der Waals surface area contributed by atoms with Gasteiger partial charge in [-0.15, -0.1) is 0 Å². The maximum atomic E-state index is 10.8. The second-order valence-electron chi connectivity index (χ2n) is 3.49. The van der Waals surface area contributed by atoms with E-state index in [1.54, 1.807) is 0 Å². The van der Waals surface area contributed by atoms with Gasteiger partial charge in [0.25, 0.3) is 5.69 Å². The summed E-state index contributed by atoms with van der Waals surface area (Å²) in [5.41, 5.74) is 4.14. The van der Waals surface area contributed by atoms with Crippen LogP contribution in [0.15, 0.2) is 12.1 Å². The Morgan fingerprint density at radius 3 is 2.39 bits per heavy atom. The highest BCUT2D eigenvalue weighted by atomic mass is 16.6. The number of nitrogen functional groups attached to an aromatic ring is 1. The molecule has 96 valence electrons. The van der Waals surface area contributed by atoms with Gasteiger partial charge in [0, 0.05) is 12.0 Å². The van der Waals surface area contributed by atoms with Crippen LogP contribution in [0.4, 0.5) is 11.4 Å². The van der Waals surface area contributed by atoms with Crippen molar-refractivity contribution in [1.29, 1.82) is 0 Å². The third-order valence-electron chi connectivity index (χ3n) is 2.32. The molecular formula is C10H10N2O6. The fourth-order valence-corrected chi connectivity index (χ4v) is 1.50. The molecule has 18 heavy (non-hydrogen) atoms. The van der Waals surface area contributed by atoms with Crippen LogP contribution in [-0.4, -0.2) is 27.1 Å². The van der Waals surface area contributed by atoms with Gasteiger partial charge in [0.2, 0.25) is 0 Å². The van der Waals surface area contributed by atoms with Crippen molar-refractivity contribution < 1.29 is 24.7 Å². The largest absolute Gasteiger partial charge is 0.481 e. The Kier molecular flexibility index (Phi) is 3.82. The van der Waals surface area contributed by atoms with Gasteiger partial charge in [-0.25, -0.2) is 4.79 Å². The lowest BCUT2D eigenvalue weighted by molar-refractivity contribution is -0.384. The van der Waals surface area contributed by atoms with E-state index in [4.69, 9.17) is 15.9 Å². The van der Waals surface area contributed by atoms with Crippen molar-refractivity contribution in [2.75, 3.05) is 5.73 Å². The molecule has 1 rings (SSSR count). The van der Waals surface area contributed by atoms with Crippen molar-refractivity contribution in [3.05, 3.63) is 33.4 Å². The zero-order valence-corrected chi connectivity index (χ0v) is 9.12. The predicted octanol–water partition coefficient (Wildman–Crippen LogP) is 0.892. The van der Waals surface area contributed by atoms with E-state index in [-0.39, 0.29) is 24.0 Å². The number of nitrogens with two attached hydrogens (primary N) is 1. The van der Waals surface area contributed by atoms with Gasteiger partial charge in [0.05, 0.1) is 10.5 Å². The molecule has 0 amide bonds. The first kappa shape index (κ1) is 13.4. The van der Waals surface area contributed by atoms with Gasteiger partial charge >= 0.3 is 11.9 Å². The summed E-state index contributed by atoms with van der Waals surface area (Å²) in [6.45, 7) is 0. The number of nitrogens with zero attached hydrogens (tertiary/aromatic N) is 1. The molecule has 0 saturated carbocycles. The van der Waals surface area contributed by atoms with E-state index < -0.39 is 28.2 Å². The van der Waals surface area contributed by atoms with E-state index in [0.29, 0.717) is 0 Å². The Balaban J connectivity index is 3.27. The van der Waals surface area contributed by atoms with Gasteiger partial charge in [0.15, 0.2) is 0 Å². The summed E-state index contributed by atoms with van der Waals surface area (Å²) in [6.07, 6.45) is -0.386. The average Bonchev–Trinajstić information content (AvgIpc) is 2.24. The summed E-state index contributed by atoms with van der Waals surface area (Å²) < 4.78 is 0. The number of aromatic carboxylic acids is 1. The van der Waals surface area contributed by atoms with Gasteiger partial charge in [-0.3, -0.25) is 14.9 Å². The van der Waals surface area contributed by atoms with Crippen LogP contribution in [0.3, 0.4) is 0 Å². The average molecular weight is 254 g/mol. The molecule has 0 aliphatic heterocycles. The number of nitro groups is 1. The summed E-state index contributed by atoms with van der Waals surface area (Å²) >= 11 is 0. The first-order valence-electron chi connectivity index (χ1n) is 4.85. The summed E-state index contributed by atoms with van der Waals surface area (Å²) in [5.74, 6) is -2.48. The highest BCUT2D eigenvalue weighted by molar-refractivity contribution is 5.96. The van der Waals surface area contributed by atoms with Crippen LogP contribution in [0, 0.1) is 10.1 Å². The van der Waals surface area contributed by atoms with Crippen LogP contribution in [0.25, 0.3) is 0 Å². The fourth-order valence-electron chi connectivity index (χ4n) is 1.50. The number of hydrogen-bond acceptors (Lipinski definition) is 5. The topological polar surface area (TPSA) is 144 Å². The lowest BCUT2D eigenvalue weighted by atomic mass is 10.0. The van der Waals surface area contributed by atoms with Gasteiger partial charge in [-0.05, 0) is 12.5 Å². The van der Waals surface area contributed by atoms with Crippen LogP contribution in [-0.2, 0) is 11.2 Å². The van der Waals surface area contributed by atoms with Gasteiger partial charge in [-0.1, -0.05) is 6.07 Å². The Hall–Kier alpha value is -2.64. The van der Waals surface area contributed by atoms with E-state index in [0.717, 1.165) is 6.07 Å². The molecule has 8 heteroatoms. The van der Waals surface area contributed by atoms with Crippen molar-refractivity contribution in [3.8, 4) is 0 Å². The standard InChI is InChI=1S/C10H10N2O6/c11-8-6(10(15)16)3-1-5(2-4-7(13)14)9(8)12(17)18/h1,3H,2,4,11H2,(H,13,14)(H,15,16). The van der Waals surface area contributed by atoms with Gasteiger partial charge < -0.3 is 15.9 Å². The molecule has 1 aromatic rings. The minimum Gasteiger partial charge on any atom is -0.481 e. The van der Waals surface area contributed by atoms with E-state index in [9.17, 15) is 19.7 Å². The molecule has 0 spiro atoms.